The first-order valence-electron chi connectivity index (χ1n) is 13.7. The standard InChI is InChI=1S/C29H40FN3O5S/c1-4-25(29(35)31-24-11-6-7-12-24)32(21-22-16-18-23(30)19-17-22)28(34)15-10-20-33(39(3,36)37)26-13-8-9-14-27(26)38-5-2/h8-9,13-14,16-19,24-25H,4-7,10-12,15,20-21H2,1-3H3,(H,31,35). The number of nitrogens with one attached hydrogen (secondary N) is 1. The van der Waals surface area contributed by atoms with Gasteiger partial charge in [0.2, 0.25) is 21.8 Å². The van der Waals surface area contributed by atoms with Gasteiger partial charge in [0.25, 0.3) is 0 Å². The molecular weight excluding hydrogens is 521 g/mol. The number of amides is 2. The van der Waals surface area contributed by atoms with Gasteiger partial charge in [-0.15, -0.1) is 0 Å². The fraction of sp³-hybridized carbons (Fsp3) is 0.517. The number of nitrogens with zero attached hydrogens (tertiary/aromatic N) is 2. The van der Waals surface area contributed by atoms with Crippen molar-refractivity contribution in [3.8, 4) is 5.75 Å². The lowest BCUT2D eigenvalue weighted by Gasteiger charge is -2.32. The summed E-state index contributed by atoms with van der Waals surface area (Å²) < 4.78 is 45.7. The van der Waals surface area contributed by atoms with Crippen molar-refractivity contribution < 1.29 is 27.1 Å². The van der Waals surface area contributed by atoms with Crippen LogP contribution < -0.4 is 14.4 Å². The van der Waals surface area contributed by atoms with Crippen LogP contribution in [0, 0.1) is 5.82 Å². The molecule has 2 aromatic rings. The number of anilines is 1. The minimum Gasteiger partial charge on any atom is -0.492 e. The molecule has 0 spiro atoms. The minimum atomic E-state index is -3.65. The maximum Gasteiger partial charge on any atom is 0.243 e. The van der Waals surface area contributed by atoms with Gasteiger partial charge in [0, 0.05) is 25.6 Å². The molecule has 0 saturated heterocycles. The molecule has 0 radical (unpaired) electrons. The Morgan fingerprint density at radius 1 is 1.08 bits per heavy atom. The summed E-state index contributed by atoms with van der Waals surface area (Å²) in [6.45, 7) is 4.29. The van der Waals surface area contributed by atoms with Crippen LogP contribution in [0.25, 0.3) is 0 Å². The van der Waals surface area contributed by atoms with E-state index in [1.54, 1.807) is 36.4 Å². The lowest BCUT2D eigenvalue weighted by molar-refractivity contribution is -0.141. The number of sulfonamides is 1. The Balaban J connectivity index is 1.77. The normalized spacial score (nSPS) is 14.6. The van der Waals surface area contributed by atoms with Crippen molar-refractivity contribution in [3.63, 3.8) is 0 Å². The Morgan fingerprint density at radius 2 is 1.74 bits per heavy atom. The Kier molecular flexibility index (Phi) is 11.2. The third-order valence-electron chi connectivity index (χ3n) is 6.94. The molecule has 2 amide bonds. The number of carbonyl (C=O) groups excluding carboxylic acids is 2. The van der Waals surface area contributed by atoms with Gasteiger partial charge >= 0.3 is 0 Å². The highest BCUT2D eigenvalue weighted by Crippen LogP contribution is 2.30. The van der Waals surface area contributed by atoms with E-state index in [1.807, 2.05) is 13.8 Å². The van der Waals surface area contributed by atoms with E-state index in [1.165, 1.54) is 21.3 Å². The van der Waals surface area contributed by atoms with Crippen LogP contribution in [0.2, 0.25) is 0 Å². The molecule has 1 aliphatic rings. The SMILES string of the molecule is CCOc1ccccc1N(CCCC(=O)N(Cc1ccc(F)cc1)C(CC)C(=O)NC1CCCC1)S(C)(=O)=O. The van der Waals surface area contributed by atoms with Crippen LogP contribution in [-0.4, -0.2) is 56.6 Å². The maximum atomic E-state index is 13.6. The predicted octanol–water partition coefficient (Wildman–Crippen LogP) is 4.64. The summed E-state index contributed by atoms with van der Waals surface area (Å²) in [7, 11) is -3.65. The van der Waals surface area contributed by atoms with Crippen molar-refractivity contribution in [1.82, 2.24) is 10.2 Å². The van der Waals surface area contributed by atoms with E-state index in [0.29, 0.717) is 30.0 Å². The second kappa shape index (κ2) is 14.3. The van der Waals surface area contributed by atoms with Crippen molar-refractivity contribution in [3.05, 3.63) is 59.9 Å². The van der Waals surface area contributed by atoms with Crippen molar-refractivity contribution >= 4 is 27.5 Å². The summed E-state index contributed by atoms with van der Waals surface area (Å²) in [5, 5.41) is 3.10. The number of halogens is 1. The van der Waals surface area contributed by atoms with E-state index < -0.39 is 16.1 Å². The summed E-state index contributed by atoms with van der Waals surface area (Å²) in [5.74, 6) is -0.386. The van der Waals surface area contributed by atoms with Crippen molar-refractivity contribution in [2.75, 3.05) is 23.7 Å². The first-order chi connectivity index (χ1) is 18.6. The van der Waals surface area contributed by atoms with E-state index in [4.69, 9.17) is 4.74 Å². The number of ether oxygens (including phenoxy) is 1. The lowest BCUT2D eigenvalue weighted by atomic mass is 10.1. The molecule has 0 aliphatic heterocycles. The Morgan fingerprint density at radius 3 is 2.36 bits per heavy atom. The second-order valence-corrected chi connectivity index (χ2v) is 11.8. The number of hydrogen-bond acceptors (Lipinski definition) is 5. The van der Waals surface area contributed by atoms with Crippen molar-refractivity contribution in [1.29, 1.82) is 0 Å². The molecule has 214 valence electrons. The monoisotopic (exact) mass is 561 g/mol. The maximum absolute atomic E-state index is 13.6. The van der Waals surface area contributed by atoms with E-state index >= 15 is 0 Å². The number of hydrogen-bond donors (Lipinski definition) is 1. The zero-order valence-corrected chi connectivity index (χ0v) is 23.9. The number of rotatable bonds is 14. The molecule has 1 saturated carbocycles. The van der Waals surface area contributed by atoms with Crippen LogP contribution >= 0.6 is 0 Å². The quantitative estimate of drug-likeness (QED) is 0.363. The molecular formula is C29H40FN3O5S. The predicted molar refractivity (Wildman–Crippen MR) is 150 cm³/mol. The fourth-order valence-electron chi connectivity index (χ4n) is 5.00. The highest BCUT2D eigenvalue weighted by molar-refractivity contribution is 7.92. The van der Waals surface area contributed by atoms with Crippen LogP contribution in [0.1, 0.15) is 64.4 Å². The number of carbonyl (C=O) groups is 2. The minimum absolute atomic E-state index is 0.0389. The summed E-state index contributed by atoms with van der Waals surface area (Å²) >= 11 is 0. The summed E-state index contributed by atoms with van der Waals surface area (Å²) in [4.78, 5) is 28.4. The third kappa shape index (κ3) is 8.68. The average molecular weight is 562 g/mol. The molecule has 39 heavy (non-hydrogen) atoms. The molecule has 0 bridgehead atoms. The van der Waals surface area contributed by atoms with Gasteiger partial charge in [-0.25, -0.2) is 12.8 Å². The molecule has 10 heteroatoms. The Hall–Kier alpha value is -3.14. The second-order valence-electron chi connectivity index (χ2n) is 9.90. The smallest absolute Gasteiger partial charge is 0.243 e. The molecule has 1 atom stereocenters. The molecule has 1 N–H and O–H groups in total. The highest BCUT2D eigenvalue weighted by atomic mass is 32.2. The average Bonchev–Trinajstić information content (AvgIpc) is 3.40. The molecule has 1 aliphatic carbocycles. The summed E-state index contributed by atoms with van der Waals surface area (Å²) in [6.07, 6.45) is 5.83. The van der Waals surface area contributed by atoms with Gasteiger partial charge in [-0.05, 0) is 62.4 Å². The van der Waals surface area contributed by atoms with Gasteiger partial charge in [0.05, 0.1) is 18.6 Å². The van der Waals surface area contributed by atoms with Crippen LogP contribution in [0.3, 0.4) is 0 Å². The van der Waals surface area contributed by atoms with Gasteiger partial charge in [-0.1, -0.05) is 44.0 Å². The zero-order valence-electron chi connectivity index (χ0n) is 23.1. The molecule has 0 aromatic heterocycles. The molecule has 8 nitrogen and oxygen atoms in total. The highest BCUT2D eigenvalue weighted by Gasteiger charge is 2.31. The lowest BCUT2D eigenvalue weighted by Crippen LogP contribution is -2.51. The van der Waals surface area contributed by atoms with Crippen LogP contribution in [-0.2, 0) is 26.2 Å². The van der Waals surface area contributed by atoms with Crippen LogP contribution in [0.15, 0.2) is 48.5 Å². The number of para-hydroxylation sites is 2. The molecule has 1 unspecified atom stereocenters. The zero-order chi connectivity index (χ0) is 28.4. The fourth-order valence-corrected chi connectivity index (χ4v) is 5.97. The van der Waals surface area contributed by atoms with Crippen molar-refractivity contribution in [2.45, 2.75) is 77.4 Å². The Bertz CT molecular complexity index is 1200. The van der Waals surface area contributed by atoms with E-state index in [2.05, 4.69) is 5.32 Å². The van der Waals surface area contributed by atoms with E-state index in [9.17, 15) is 22.4 Å². The molecule has 3 rings (SSSR count). The summed E-state index contributed by atoms with van der Waals surface area (Å²) in [5.41, 5.74) is 1.13. The Labute approximate surface area is 231 Å². The van der Waals surface area contributed by atoms with Gasteiger partial charge in [-0.2, -0.15) is 0 Å². The van der Waals surface area contributed by atoms with E-state index in [-0.39, 0.29) is 49.6 Å². The van der Waals surface area contributed by atoms with Gasteiger partial charge in [0.1, 0.15) is 17.6 Å². The first kappa shape index (κ1) is 30.4. The van der Waals surface area contributed by atoms with Crippen LogP contribution in [0.5, 0.6) is 5.75 Å². The summed E-state index contributed by atoms with van der Waals surface area (Å²) in [6, 6.07) is 12.2. The van der Waals surface area contributed by atoms with Gasteiger partial charge in [0.15, 0.2) is 0 Å². The number of benzene rings is 2. The molecule has 1 fully saturated rings. The molecule has 0 heterocycles. The molecule has 2 aromatic carbocycles. The van der Waals surface area contributed by atoms with Gasteiger partial charge < -0.3 is 15.0 Å². The third-order valence-corrected chi connectivity index (χ3v) is 8.12. The van der Waals surface area contributed by atoms with Gasteiger partial charge in [-0.3, -0.25) is 13.9 Å². The largest absolute Gasteiger partial charge is 0.492 e. The van der Waals surface area contributed by atoms with Crippen molar-refractivity contribution in [2.24, 2.45) is 0 Å². The van der Waals surface area contributed by atoms with E-state index in [0.717, 1.165) is 31.9 Å². The first-order valence-corrected chi connectivity index (χ1v) is 15.5. The van der Waals surface area contributed by atoms with Crippen LogP contribution in [0.4, 0.5) is 10.1 Å². The topological polar surface area (TPSA) is 96.0 Å².